The number of hydrogen-bond acceptors (Lipinski definition) is 7. The first-order chi connectivity index (χ1) is 15.3. The molecule has 1 saturated heterocycles. The summed E-state index contributed by atoms with van der Waals surface area (Å²) in [6.07, 6.45) is 4.56. The van der Waals surface area contributed by atoms with Gasteiger partial charge in [0.1, 0.15) is 22.4 Å². The number of nitrogens with zero attached hydrogens (tertiary/aromatic N) is 4. The molecule has 0 spiro atoms. The van der Waals surface area contributed by atoms with Gasteiger partial charge in [0.15, 0.2) is 5.76 Å². The molecule has 4 heterocycles. The van der Waals surface area contributed by atoms with Gasteiger partial charge in [0.2, 0.25) is 0 Å². The summed E-state index contributed by atoms with van der Waals surface area (Å²) in [6.45, 7) is 5.05. The molecule has 5 rings (SSSR count). The van der Waals surface area contributed by atoms with Crippen LogP contribution in [-0.4, -0.2) is 58.9 Å². The Bertz CT molecular complexity index is 1260. The monoisotopic (exact) mass is 456 g/mol. The lowest BCUT2D eigenvalue weighted by molar-refractivity contribution is 0.0358. The minimum atomic E-state index is 0. The third-order valence-corrected chi connectivity index (χ3v) is 5.49. The Hall–Kier alpha value is -3.07. The van der Waals surface area contributed by atoms with Gasteiger partial charge in [0.05, 0.1) is 31.5 Å². The van der Waals surface area contributed by atoms with Gasteiger partial charge in [0, 0.05) is 37.4 Å². The van der Waals surface area contributed by atoms with Crippen LogP contribution < -0.4 is 10.1 Å². The number of fused-ring (bicyclic) bond motifs is 2. The summed E-state index contributed by atoms with van der Waals surface area (Å²) in [5, 5.41) is 14.2. The van der Waals surface area contributed by atoms with Crippen LogP contribution in [0.4, 0.5) is 0 Å². The fourth-order valence-electron chi connectivity index (χ4n) is 3.88. The number of aromatic nitrogens is 2. The molecule has 32 heavy (non-hydrogen) atoms. The van der Waals surface area contributed by atoms with Gasteiger partial charge in [-0.25, -0.2) is 4.98 Å². The zero-order valence-corrected chi connectivity index (χ0v) is 18.3. The van der Waals surface area contributed by atoms with Crippen LogP contribution in [0.15, 0.2) is 64.6 Å². The topological polar surface area (TPSA) is 84.7 Å². The minimum absolute atomic E-state index is 0. The van der Waals surface area contributed by atoms with Gasteiger partial charge in [-0.3, -0.25) is 4.90 Å². The Labute approximate surface area is 191 Å². The molecule has 0 radical (unpaired) electrons. The van der Waals surface area contributed by atoms with Gasteiger partial charge < -0.3 is 23.5 Å². The summed E-state index contributed by atoms with van der Waals surface area (Å²) in [5.41, 5.74) is 2.24. The van der Waals surface area contributed by atoms with Crippen LogP contribution in [-0.2, 0) is 4.74 Å². The number of benzene rings is 1. The molecule has 168 valence electrons. The van der Waals surface area contributed by atoms with Crippen molar-refractivity contribution in [2.24, 2.45) is 5.16 Å². The molecule has 1 aromatic carbocycles. The number of hydrogen-bond donors (Lipinski definition) is 1. The van der Waals surface area contributed by atoms with Crippen LogP contribution >= 0.6 is 12.4 Å². The predicted molar refractivity (Wildman–Crippen MR) is 122 cm³/mol. The second-order valence-corrected chi connectivity index (χ2v) is 7.50. The smallest absolute Gasteiger partial charge is 0.155 e. The SMILES string of the molecule is Cl.O/N=c1/cc(-c2cc3cccn3cn2)oc2cccc(OCCCN3CCOCC3)c12. The summed E-state index contributed by atoms with van der Waals surface area (Å²) >= 11 is 0. The lowest BCUT2D eigenvalue weighted by atomic mass is 10.1. The fraction of sp³-hybridized carbons (Fsp3) is 0.304. The first-order valence-electron chi connectivity index (χ1n) is 10.4. The van der Waals surface area contributed by atoms with Crippen molar-refractivity contribution in [1.82, 2.24) is 14.3 Å². The van der Waals surface area contributed by atoms with Crippen molar-refractivity contribution < 1.29 is 19.1 Å². The van der Waals surface area contributed by atoms with E-state index in [1.165, 1.54) is 0 Å². The molecule has 9 heteroatoms. The van der Waals surface area contributed by atoms with Crippen molar-refractivity contribution in [2.75, 3.05) is 39.5 Å². The third-order valence-electron chi connectivity index (χ3n) is 5.49. The van der Waals surface area contributed by atoms with E-state index < -0.39 is 0 Å². The standard InChI is InChI=1S/C23H24N4O4.ClH/c28-25-19-15-22(18-14-17-4-2-8-27(17)16-24-18)31-21-6-1-5-20(23(19)21)30-11-3-7-26-9-12-29-13-10-26;/h1-2,4-6,8,14-16,28H,3,7,9-13H2;1H/b25-19-;. The predicted octanol–water partition coefficient (Wildman–Crippen LogP) is 3.56. The molecule has 1 N–H and O–H groups in total. The van der Waals surface area contributed by atoms with Crippen LogP contribution in [0.5, 0.6) is 5.75 Å². The van der Waals surface area contributed by atoms with E-state index >= 15 is 0 Å². The maximum Gasteiger partial charge on any atom is 0.155 e. The zero-order valence-electron chi connectivity index (χ0n) is 17.5. The van der Waals surface area contributed by atoms with Gasteiger partial charge >= 0.3 is 0 Å². The van der Waals surface area contributed by atoms with E-state index in [0.717, 1.165) is 44.8 Å². The Morgan fingerprint density at radius 3 is 2.84 bits per heavy atom. The van der Waals surface area contributed by atoms with E-state index in [9.17, 15) is 5.21 Å². The molecule has 0 aliphatic carbocycles. The highest BCUT2D eigenvalue weighted by Crippen LogP contribution is 2.27. The molecule has 0 bridgehead atoms. The molecular formula is C23H25ClN4O4. The summed E-state index contributed by atoms with van der Waals surface area (Å²) in [4.78, 5) is 6.84. The van der Waals surface area contributed by atoms with Crippen molar-refractivity contribution in [1.29, 1.82) is 0 Å². The molecule has 4 aromatic rings. The average Bonchev–Trinajstić information content (AvgIpc) is 3.30. The van der Waals surface area contributed by atoms with Gasteiger partial charge in [0.25, 0.3) is 0 Å². The first-order valence-corrected chi connectivity index (χ1v) is 10.4. The van der Waals surface area contributed by atoms with Crippen LogP contribution in [0.25, 0.3) is 27.9 Å². The number of ether oxygens (including phenoxy) is 2. The molecule has 0 saturated carbocycles. The van der Waals surface area contributed by atoms with E-state index in [2.05, 4.69) is 15.0 Å². The van der Waals surface area contributed by atoms with Crippen molar-refractivity contribution in [3.05, 3.63) is 60.3 Å². The summed E-state index contributed by atoms with van der Waals surface area (Å²) in [7, 11) is 0. The highest BCUT2D eigenvalue weighted by atomic mass is 35.5. The van der Waals surface area contributed by atoms with Crippen molar-refractivity contribution >= 4 is 28.9 Å². The molecular weight excluding hydrogens is 432 g/mol. The third kappa shape index (κ3) is 4.57. The molecule has 1 aliphatic heterocycles. The van der Waals surface area contributed by atoms with Crippen molar-refractivity contribution in [3.8, 4) is 17.2 Å². The van der Waals surface area contributed by atoms with Crippen molar-refractivity contribution in [2.45, 2.75) is 6.42 Å². The Balaban J connectivity index is 0.00000245. The van der Waals surface area contributed by atoms with Crippen LogP contribution in [0, 0.1) is 0 Å². The van der Waals surface area contributed by atoms with Gasteiger partial charge in [-0.05, 0) is 36.8 Å². The molecule has 1 fully saturated rings. The lowest BCUT2D eigenvalue weighted by Gasteiger charge is -2.26. The normalized spacial score (nSPS) is 15.2. The maximum atomic E-state index is 9.70. The average molecular weight is 457 g/mol. The van der Waals surface area contributed by atoms with E-state index in [-0.39, 0.29) is 12.4 Å². The van der Waals surface area contributed by atoms with Crippen LogP contribution in [0.3, 0.4) is 0 Å². The Kier molecular flexibility index (Phi) is 6.94. The van der Waals surface area contributed by atoms with Crippen LogP contribution in [0.1, 0.15) is 6.42 Å². The molecule has 0 atom stereocenters. The van der Waals surface area contributed by atoms with E-state index in [1.54, 1.807) is 12.4 Å². The van der Waals surface area contributed by atoms with Gasteiger partial charge in [-0.2, -0.15) is 0 Å². The number of rotatable bonds is 6. The lowest BCUT2D eigenvalue weighted by Crippen LogP contribution is -2.37. The summed E-state index contributed by atoms with van der Waals surface area (Å²) in [6, 6.07) is 13.1. The summed E-state index contributed by atoms with van der Waals surface area (Å²) in [5.74, 6) is 1.16. The van der Waals surface area contributed by atoms with Gasteiger partial charge in [-0.1, -0.05) is 11.2 Å². The molecule has 3 aromatic heterocycles. The largest absolute Gasteiger partial charge is 0.493 e. The Morgan fingerprint density at radius 1 is 1.12 bits per heavy atom. The molecule has 0 amide bonds. The first kappa shape index (κ1) is 22.1. The zero-order chi connectivity index (χ0) is 21.0. The Morgan fingerprint density at radius 2 is 2.00 bits per heavy atom. The quantitative estimate of drug-likeness (QED) is 0.271. The number of morpholine rings is 1. The van der Waals surface area contributed by atoms with E-state index in [4.69, 9.17) is 13.9 Å². The second kappa shape index (κ2) is 10.0. The van der Waals surface area contributed by atoms with Crippen LogP contribution in [0.2, 0.25) is 0 Å². The summed E-state index contributed by atoms with van der Waals surface area (Å²) < 4.78 is 19.5. The fourth-order valence-corrected chi connectivity index (χ4v) is 3.88. The number of halogens is 1. The maximum absolute atomic E-state index is 9.70. The molecule has 8 nitrogen and oxygen atoms in total. The van der Waals surface area contributed by atoms with Crippen molar-refractivity contribution in [3.63, 3.8) is 0 Å². The highest BCUT2D eigenvalue weighted by Gasteiger charge is 2.13. The highest BCUT2D eigenvalue weighted by molar-refractivity contribution is 5.85. The minimum Gasteiger partial charge on any atom is -0.493 e. The van der Waals surface area contributed by atoms with E-state index in [0.29, 0.717) is 40.1 Å². The second-order valence-electron chi connectivity index (χ2n) is 7.50. The molecule has 1 aliphatic rings. The van der Waals surface area contributed by atoms with Gasteiger partial charge in [-0.15, -0.1) is 12.4 Å². The van der Waals surface area contributed by atoms with E-state index in [1.807, 2.05) is 47.0 Å². The molecule has 0 unspecified atom stereocenters.